The third-order valence-electron chi connectivity index (χ3n) is 12.4. The van der Waals surface area contributed by atoms with Crippen molar-refractivity contribution in [1.29, 1.82) is 0 Å². The van der Waals surface area contributed by atoms with E-state index in [0.29, 0.717) is 19.3 Å². The molecule has 0 unspecified atom stereocenters. The van der Waals surface area contributed by atoms with Gasteiger partial charge in [-0.2, -0.15) is 0 Å². The van der Waals surface area contributed by atoms with Crippen LogP contribution in [0.3, 0.4) is 0 Å². The van der Waals surface area contributed by atoms with Gasteiger partial charge in [-0.1, -0.05) is 260 Å². The number of esters is 3. The maximum absolute atomic E-state index is 12.7. The normalized spacial score (nSPS) is 12.1. The fraction of sp³-hybridized carbons (Fsp3) is 0.945. The summed E-state index contributed by atoms with van der Waals surface area (Å²) in [5, 5.41) is 0. The highest BCUT2D eigenvalue weighted by Crippen LogP contribution is 2.18. The van der Waals surface area contributed by atoms with E-state index < -0.39 is 6.10 Å². The monoisotopic (exact) mass is 863 g/mol. The lowest BCUT2D eigenvalue weighted by Gasteiger charge is -2.18. The Morgan fingerprint density at radius 2 is 0.475 bits per heavy atom. The van der Waals surface area contributed by atoms with Gasteiger partial charge in [0.05, 0.1) is 0 Å². The second-order valence-electron chi connectivity index (χ2n) is 20.3. The molecule has 0 fully saturated rings. The van der Waals surface area contributed by atoms with Crippen molar-refractivity contribution in [2.75, 3.05) is 13.2 Å². The van der Waals surface area contributed by atoms with Crippen LogP contribution >= 0.6 is 0 Å². The van der Waals surface area contributed by atoms with Crippen LogP contribution in [0.2, 0.25) is 0 Å². The van der Waals surface area contributed by atoms with Crippen LogP contribution in [0.25, 0.3) is 0 Å². The molecule has 0 saturated carbocycles. The van der Waals surface area contributed by atoms with Gasteiger partial charge in [0.1, 0.15) is 13.2 Å². The molecule has 0 aliphatic carbocycles. The minimum Gasteiger partial charge on any atom is -0.462 e. The molecule has 0 aromatic heterocycles. The SMILES string of the molecule is CC(C)CCCCCCCCCCCCCCCCCCCCC(=O)OC[C@H](COC(=O)CCCCCCCCCCCCC(C)C)OC(=O)CCCCCCCCC(C)C. The van der Waals surface area contributed by atoms with Gasteiger partial charge in [-0.05, 0) is 37.0 Å². The van der Waals surface area contributed by atoms with Gasteiger partial charge in [0.2, 0.25) is 0 Å². The van der Waals surface area contributed by atoms with Crippen molar-refractivity contribution in [3.05, 3.63) is 0 Å². The summed E-state index contributed by atoms with van der Waals surface area (Å²) in [7, 11) is 0. The zero-order valence-electron chi connectivity index (χ0n) is 42.0. The molecular formula is C55H106O6. The number of carbonyl (C=O) groups is 3. The van der Waals surface area contributed by atoms with Gasteiger partial charge in [0.15, 0.2) is 6.10 Å². The van der Waals surface area contributed by atoms with Crippen LogP contribution in [0.1, 0.15) is 298 Å². The zero-order valence-corrected chi connectivity index (χ0v) is 42.0. The maximum Gasteiger partial charge on any atom is 0.306 e. The molecule has 0 spiro atoms. The maximum atomic E-state index is 12.7. The lowest BCUT2D eigenvalue weighted by atomic mass is 10.0. The first kappa shape index (κ1) is 59.4. The molecule has 0 aromatic rings. The van der Waals surface area contributed by atoms with Gasteiger partial charge < -0.3 is 14.2 Å². The van der Waals surface area contributed by atoms with E-state index in [1.807, 2.05) is 0 Å². The summed E-state index contributed by atoms with van der Waals surface area (Å²) in [4.78, 5) is 37.9. The summed E-state index contributed by atoms with van der Waals surface area (Å²) >= 11 is 0. The van der Waals surface area contributed by atoms with Crippen LogP contribution in [0.15, 0.2) is 0 Å². The van der Waals surface area contributed by atoms with Crippen molar-refractivity contribution in [2.24, 2.45) is 17.8 Å². The minimum atomic E-state index is -0.763. The topological polar surface area (TPSA) is 78.9 Å². The van der Waals surface area contributed by atoms with E-state index >= 15 is 0 Å². The van der Waals surface area contributed by atoms with Crippen molar-refractivity contribution in [3.8, 4) is 0 Å². The smallest absolute Gasteiger partial charge is 0.306 e. The first-order chi connectivity index (χ1) is 29.6. The van der Waals surface area contributed by atoms with Gasteiger partial charge >= 0.3 is 17.9 Å². The number of hydrogen-bond donors (Lipinski definition) is 0. The van der Waals surface area contributed by atoms with E-state index in [2.05, 4.69) is 41.5 Å². The molecule has 61 heavy (non-hydrogen) atoms. The summed E-state index contributed by atoms with van der Waals surface area (Å²) in [6, 6.07) is 0. The number of hydrogen-bond acceptors (Lipinski definition) is 6. The van der Waals surface area contributed by atoms with E-state index in [1.165, 1.54) is 180 Å². The van der Waals surface area contributed by atoms with Crippen molar-refractivity contribution < 1.29 is 28.6 Å². The second kappa shape index (κ2) is 46.4. The molecule has 0 radical (unpaired) electrons. The molecular weight excluding hydrogens is 757 g/mol. The third-order valence-corrected chi connectivity index (χ3v) is 12.4. The highest BCUT2D eigenvalue weighted by Gasteiger charge is 2.19. The quantitative estimate of drug-likeness (QED) is 0.0344. The van der Waals surface area contributed by atoms with Crippen molar-refractivity contribution >= 4 is 17.9 Å². The molecule has 1 atom stereocenters. The Kier molecular flexibility index (Phi) is 45.2. The summed E-state index contributed by atoms with van der Waals surface area (Å²) < 4.78 is 16.8. The van der Waals surface area contributed by atoms with Crippen molar-refractivity contribution in [3.63, 3.8) is 0 Å². The molecule has 0 aromatic carbocycles. The number of rotatable bonds is 48. The standard InChI is InChI=1S/C55H106O6/c1-49(2)41-35-29-23-19-15-13-11-9-7-8-10-12-14-16-21-25-32-38-44-53(56)59-47-52(61-55(58)46-40-34-28-27-31-37-43-51(5)6)48-60-54(57)45-39-33-26-22-18-17-20-24-30-36-42-50(3)4/h49-52H,7-48H2,1-6H3/t52-/m1/s1. The first-order valence-electron chi connectivity index (χ1n) is 27.1. The summed E-state index contributed by atoms with van der Waals surface area (Å²) in [5.41, 5.74) is 0. The second-order valence-corrected chi connectivity index (χ2v) is 20.3. The molecule has 0 aliphatic heterocycles. The number of unbranched alkanes of at least 4 members (excludes halogenated alkanes) is 31. The Hall–Kier alpha value is -1.59. The van der Waals surface area contributed by atoms with Crippen LogP contribution in [0.5, 0.6) is 0 Å². The van der Waals surface area contributed by atoms with Crippen LogP contribution in [0.4, 0.5) is 0 Å². The number of ether oxygens (including phenoxy) is 3. The van der Waals surface area contributed by atoms with Crippen molar-refractivity contribution in [1.82, 2.24) is 0 Å². The fourth-order valence-electron chi connectivity index (χ4n) is 8.29. The molecule has 0 rings (SSSR count). The molecule has 6 heteroatoms. The van der Waals surface area contributed by atoms with Crippen LogP contribution in [0, 0.1) is 17.8 Å². The molecule has 0 N–H and O–H groups in total. The first-order valence-corrected chi connectivity index (χ1v) is 27.1. The summed E-state index contributed by atoms with van der Waals surface area (Å²) in [5.74, 6) is 1.58. The van der Waals surface area contributed by atoms with E-state index in [-0.39, 0.29) is 31.1 Å². The third kappa shape index (κ3) is 49.3. The molecule has 0 amide bonds. The molecule has 0 heterocycles. The highest BCUT2D eigenvalue weighted by molar-refractivity contribution is 5.71. The van der Waals surface area contributed by atoms with Crippen molar-refractivity contribution in [2.45, 2.75) is 304 Å². The minimum absolute atomic E-state index is 0.0654. The highest BCUT2D eigenvalue weighted by atomic mass is 16.6. The molecule has 6 nitrogen and oxygen atoms in total. The Morgan fingerprint density at radius 1 is 0.279 bits per heavy atom. The van der Waals surface area contributed by atoms with E-state index in [9.17, 15) is 14.4 Å². The zero-order chi connectivity index (χ0) is 44.9. The summed E-state index contributed by atoms with van der Waals surface area (Å²) in [6.45, 7) is 13.7. The Bertz CT molecular complexity index is 945. The Balaban J connectivity index is 4.17. The van der Waals surface area contributed by atoms with Crippen LogP contribution in [-0.4, -0.2) is 37.2 Å². The van der Waals surface area contributed by atoms with Gasteiger partial charge in [-0.15, -0.1) is 0 Å². The fourth-order valence-corrected chi connectivity index (χ4v) is 8.29. The van der Waals surface area contributed by atoms with E-state index in [0.717, 1.165) is 75.5 Å². The average Bonchev–Trinajstić information content (AvgIpc) is 3.22. The van der Waals surface area contributed by atoms with Gasteiger partial charge in [-0.3, -0.25) is 14.4 Å². The Labute approximate surface area is 380 Å². The molecule has 0 aliphatic rings. The predicted octanol–water partition coefficient (Wildman–Crippen LogP) is 17.6. The van der Waals surface area contributed by atoms with Crippen LogP contribution < -0.4 is 0 Å². The van der Waals surface area contributed by atoms with Crippen LogP contribution in [-0.2, 0) is 28.6 Å². The lowest BCUT2D eigenvalue weighted by Crippen LogP contribution is -2.30. The van der Waals surface area contributed by atoms with E-state index in [1.54, 1.807) is 0 Å². The molecule has 362 valence electrons. The van der Waals surface area contributed by atoms with Gasteiger partial charge in [0, 0.05) is 19.3 Å². The van der Waals surface area contributed by atoms with Gasteiger partial charge in [-0.25, -0.2) is 0 Å². The average molecular weight is 863 g/mol. The Morgan fingerprint density at radius 3 is 0.705 bits per heavy atom. The van der Waals surface area contributed by atoms with E-state index in [4.69, 9.17) is 14.2 Å². The van der Waals surface area contributed by atoms with Gasteiger partial charge in [0.25, 0.3) is 0 Å². The predicted molar refractivity (Wildman–Crippen MR) is 261 cm³/mol. The lowest BCUT2D eigenvalue weighted by molar-refractivity contribution is -0.167. The molecule has 0 bridgehead atoms. The number of carbonyl (C=O) groups excluding carboxylic acids is 3. The summed E-state index contributed by atoms with van der Waals surface area (Å²) in [6.07, 6.45) is 46.9. The molecule has 0 saturated heterocycles. The largest absolute Gasteiger partial charge is 0.462 e.